The molecule has 1 N–H and O–H groups in total. The van der Waals surface area contributed by atoms with Gasteiger partial charge in [-0.2, -0.15) is 13.2 Å². The van der Waals surface area contributed by atoms with Crippen LogP contribution in [0.25, 0.3) is 0 Å². The summed E-state index contributed by atoms with van der Waals surface area (Å²) >= 11 is 1.51. The molecule has 20 heavy (non-hydrogen) atoms. The molecule has 1 unspecified atom stereocenters. The van der Waals surface area contributed by atoms with Crippen LogP contribution in [0.2, 0.25) is 0 Å². The van der Waals surface area contributed by atoms with E-state index in [-0.39, 0.29) is 13.0 Å². The van der Waals surface area contributed by atoms with E-state index >= 15 is 0 Å². The van der Waals surface area contributed by atoms with Gasteiger partial charge in [0.2, 0.25) is 0 Å². The van der Waals surface area contributed by atoms with Gasteiger partial charge in [-0.1, -0.05) is 6.92 Å². The summed E-state index contributed by atoms with van der Waals surface area (Å²) in [5, 5.41) is 3.82. The third-order valence-electron chi connectivity index (χ3n) is 3.59. The first kappa shape index (κ1) is 15.6. The molecule has 1 aliphatic heterocycles. The van der Waals surface area contributed by atoms with Gasteiger partial charge in [0.15, 0.2) is 5.13 Å². The zero-order valence-electron chi connectivity index (χ0n) is 11.8. The number of anilines is 1. The largest absolute Gasteiger partial charge is 0.393 e. The third kappa shape index (κ3) is 3.44. The summed E-state index contributed by atoms with van der Waals surface area (Å²) in [6.07, 6.45) is -2.48. The fraction of sp³-hybridized carbons (Fsp3) is 0.769. The summed E-state index contributed by atoms with van der Waals surface area (Å²) < 4.78 is 38.5. The molecule has 7 heteroatoms. The van der Waals surface area contributed by atoms with Gasteiger partial charge in [0.25, 0.3) is 0 Å². The van der Waals surface area contributed by atoms with E-state index in [9.17, 15) is 13.2 Å². The number of nitrogens with one attached hydrogen (secondary N) is 1. The lowest BCUT2D eigenvalue weighted by Gasteiger charge is -2.33. The van der Waals surface area contributed by atoms with Crippen LogP contribution >= 0.6 is 11.3 Å². The highest BCUT2D eigenvalue weighted by atomic mass is 32.1. The minimum Gasteiger partial charge on any atom is -0.347 e. The Labute approximate surface area is 121 Å². The molecular formula is C13H20F3N3S. The number of hydrogen-bond acceptors (Lipinski definition) is 4. The smallest absolute Gasteiger partial charge is 0.347 e. The summed E-state index contributed by atoms with van der Waals surface area (Å²) in [5.41, 5.74) is 0.994. The van der Waals surface area contributed by atoms with E-state index in [0.717, 1.165) is 28.7 Å². The van der Waals surface area contributed by atoms with Crippen LogP contribution in [0.3, 0.4) is 0 Å². The van der Waals surface area contributed by atoms with Crippen molar-refractivity contribution in [3.05, 3.63) is 10.6 Å². The van der Waals surface area contributed by atoms with Crippen LogP contribution in [0.15, 0.2) is 0 Å². The second-order valence-electron chi connectivity index (χ2n) is 5.08. The van der Waals surface area contributed by atoms with Crippen LogP contribution in [0, 0.1) is 5.92 Å². The predicted octanol–water partition coefficient (Wildman–Crippen LogP) is 3.20. The van der Waals surface area contributed by atoms with E-state index in [0.29, 0.717) is 13.0 Å². The number of alkyl halides is 3. The van der Waals surface area contributed by atoms with Crippen molar-refractivity contribution >= 4 is 16.5 Å². The Balaban J connectivity index is 2.14. The lowest BCUT2D eigenvalue weighted by molar-refractivity contribution is -0.175. The molecule has 114 valence electrons. The third-order valence-corrected chi connectivity index (χ3v) is 4.75. The minimum absolute atomic E-state index is 0.0408. The first-order valence-electron chi connectivity index (χ1n) is 6.90. The average Bonchev–Trinajstić information content (AvgIpc) is 2.82. The highest BCUT2D eigenvalue weighted by Gasteiger charge is 2.42. The van der Waals surface area contributed by atoms with Crippen LogP contribution in [0.4, 0.5) is 18.3 Å². The van der Waals surface area contributed by atoms with Crippen molar-refractivity contribution in [2.45, 2.75) is 38.9 Å². The molecular weight excluding hydrogens is 287 g/mol. The van der Waals surface area contributed by atoms with Crippen molar-refractivity contribution in [1.29, 1.82) is 0 Å². The first-order valence-corrected chi connectivity index (χ1v) is 7.72. The van der Waals surface area contributed by atoms with Crippen molar-refractivity contribution in [3.8, 4) is 0 Å². The van der Waals surface area contributed by atoms with E-state index in [4.69, 9.17) is 0 Å². The van der Waals surface area contributed by atoms with E-state index in [1.54, 1.807) is 4.90 Å². The van der Waals surface area contributed by atoms with Crippen LogP contribution < -0.4 is 10.2 Å². The standard InChI is InChI=1S/C13H20F3N3S/c1-3-10-11(7-17-2)20-12(18-10)19-6-4-5-9(8-19)13(14,15)16/h9,17H,3-8H2,1-2H3. The molecule has 3 nitrogen and oxygen atoms in total. The quantitative estimate of drug-likeness (QED) is 0.926. The van der Waals surface area contributed by atoms with Crippen molar-refractivity contribution < 1.29 is 13.2 Å². The maximum absolute atomic E-state index is 12.8. The molecule has 0 spiro atoms. The molecule has 0 bridgehead atoms. The molecule has 1 aromatic heterocycles. The normalized spacial score (nSPS) is 20.4. The molecule has 0 saturated carbocycles. The highest BCUT2D eigenvalue weighted by molar-refractivity contribution is 7.15. The Morgan fingerprint density at radius 2 is 2.20 bits per heavy atom. The van der Waals surface area contributed by atoms with E-state index in [2.05, 4.69) is 10.3 Å². The van der Waals surface area contributed by atoms with E-state index in [1.807, 2.05) is 14.0 Å². The number of aryl methyl sites for hydroxylation is 1. The molecule has 2 rings (SSSR count). The van der Waals surface area contributed by atoms with Gasteiger partial charge in [-0.25, -0.2) is 4.98 Å². The summed E-state index contributed by atoms with van der Waals surface area (Å²) in [5.74, 6) is -1.22. The molecule has 0 radical (unpaired) electrons. The Hall–Kier alpha value is -0.820. The van der Waals surface area contributed by atoms with Gasteiger partial charge in [0.1, 0.15) is 0 Å². The molecule has 0 aromatic carbocycles. The maximum Gasteiger partial charge on any atom is 0.393 e. The minimum atomic E-state index is -4.10. The number of halogens is 3. The topological polar surface area (TPSA) is 28.2 Å². The number of aromatic nitrogens is 1. The van der Waals surface area contributed by atoms with Gasteiger partial charge in [0, 0.05) is 24.5 Å². The van der Waals surface area contributed by atoms with Crippen LogP contribution in [-0.2, 0) is 13.0 Å². The fourth-order valence-corrected chi connectivity index (χ4v) is 3.69. The summed E-state index contributed by atoms with van der Waals surface area (Å²) in [6.45, 7) is 3.45. The number of piperidine rings is 1. The fourth-order valence-electron chi connectivity index (χ4n) is 2.50. The molecule has 2 heterocycles. The van der Waals surface area contributed by atoms with E-state index in [1.165, 1.54) is 11.3 Å². The first-order chi connectivity index (χ1) is 9.45. The Morgan fingerprint density at radius 1 is 1.45 bits per heavy atom. The zero-order valence-corrected chi connectivity index (χ0v) is 12.6. The molecule has 1 fully saturated rings. The monoisotopic (exact) mass is 307 g/mol. The number of hydrogen-bond donors (Lipinski definition) is 1. The second kappa shape index (κ2) is 6.30. The number of nitrogens with zero attached hydrogens (tertiary/aromatic N) is 2. The lowest BCUT2D eigenvalue weighted by atomic mass is 9.98. The maximum atomic E-state index is 12.8. The Morgan fingerprint density at radius 3 is 2.80 bits per heavy atom. The van der Waals surface area contributed by atoms with E-state index < -0.39 is 12.1 Å². The highest BCUT2D eigenvalue weighted by Crippen LogP contribution is 2.36. The van der Waals surface area contributed by atoms with Crippen LogP contribution in [-0.4, -0.2) is 31.3 Å². The average molecular weight is 307 g/mol. The summed E-state index contributed by atoms with van der Waals surface area (Å²) in [6, 6.07) is 0. The Kier molecular flexibility index (Phi) is 4.90. The second-order valence-corrected chi connectivity index (χ2v) is 6.14. The van der Waals surface area contributed by atoms with Crippen LogP contribution in [0.5, 0.6) is 0 Å². The predicted molar refractivity (Wildman–Crippen MR) is 75.2 cm³/mol. The molecule has 0 aliphatic carbocycles. The van der Waals surface area contributed by atoms with Gasteiger partial charge in [-0.05, 0) is 26.3 Å². The lowest BCUT2D eigenvalue weighted by Crippen LogP contribution is -2.41. The number of thiazole rings is 1. The zero-order chi connectivity index (χ0) is 14.8. The summed E-state index contributed by atoms with van der Waals surface area (Å²) in [7, 11) is 1.86. The van der Waals surface area contributed by atoms with Gasteiger partial charge in [-0.15, -0.1) is 11.3 Å². The molecule has 1 aliphatic rings. The Bertz CT molecular complexity index is 445. The van der Waals surface area contributed by atoms with Crippen molar-refractivity contribution in [2.24, 2.45) is 5.92 Å². The van der Waals surface area contributed by atoms with Gasteiger partial charge < -0.3 is 10.2 Å². The van der Waals surface area contributed by atoms with Gasteiger partial charge in [-0.3, -0.25) is 0 Å². The SMILES string of the molecule is CCc1nc(N2CCCC(C(F)(F)F)C2)sc1CNC. The van der Waals surface area contributed by atoms with Gasteiger partial charge >= 0.3 is 6.18 Å². The molecule has 0 amide bonds. The van der Waals surface area contributed by atoms with Gasteiger partial charge in [0.05, 0.1) is 11.6 Å². The molecule has 1 saturated heterocycles. The summed E-state index contributed by atoms with van der Waals surface area (Å²) in [4.78, 5) is 7.45. The molecule has 1 atom stereocenters. The van der Waals surface area contributed by atoms with Crippen molar-refractivity contribution in [2.75, 3.05) is 25.0 Å². The van der Waals surface area contributed by atoms with Crippen molar-refractivity contribution in [1.82, 2.24) is 10.3 Å². The molecule has 1 aromatic rings. The number of rotatable bonds is 4. The van der Waals surface area contributed by atoms with Crippen LogP contribution in [0.1, 0.15) is 30.3 Å². The van der Waals surface area contributed by atoms with Crippen molar-refractivity contribution in [3.63, 3.8) is 0 Å².